The minimum Gasteiger partial charge on any atom is -0.497 e. The summed E-state index contributed by atoms with van der Waals surface area (Å²) in [7, 11) is 1.63. The molecule has 0 spiro atoms. The van der Waals surface area contributed by atoms with E-state index in [1.54, 1.807) is 7.11 Å². The molecule has 6 heteroatoms. The van der Waals surface area contributed by atoms with Crippen LogP contribution in [0.15, 0.2) is 48.7 Å². The van der Waals surface area contributed by atoms with Gasteiger partial charge in [0, 0.05) is 6.20 Å². The molecule has 1 aliphatic rings. The first kappa shape index (κ1) is 18.7. The fourth-order valence-electron chi connectivity index (χ4n) is 3.67. The van der Waals surface area contributed by atoms with Crippen LogP contribution >= 0.6 is 0 Å². The van der Waals surface area contributed by atoms with Gasteiger partial charge in [0.1, 0.15) is 11.4 Å². The zero-order valence-electron chi connectivity index (χ0n) is 16.2. The maximum atomic E-state index is 11.2. The van der Waals surface area contributed by atoms with Crippen molar-refractivity contribution in [1.82, 2.24) is 14.8 Å². The summed E-state index contributed by atoms with van der Waals surface area (Å²) >= 11 is 0. The summed E-state index contributed by atoms with van der Waals surface area (Å²) in [5, 5.41) is 25.8. The molecule has 0 bridgehead atoms. The third-order valence-corrected chi connectivity index (χ3v) is 5.46. The summed E-state index contributed by atoms with van der Waals surface area (Å²) in [5.41, 5.74) is 3.14. The Balaban J connectivity index is 1.80. The quantitative estimate of drug-likeness (QED) is 0.726. The fraction of sp³-hybridized carbons (Fsp3) is 0.364. The van der Waals surface area contributed by atoms with Gasteiger partial charge in [-0.1, -0.05) is 6.07 Å². The van der Waals surface area contributed by atoms with Gasteiger partial charge in [-0.2, -0.15) is 5.10 Å². The molecule has 3 aromatic rings. The average molecular weight is 379 g/mol. The summed E-state index contributed by atoms with van der Waals surface area (Å²) in [6, 6.07) is 13.5. The molecule has 2 aromatic heterocycles. The number of benzene rings is 1. The summed E-state index contributed by atoms with van der Waals surface area (Å²) in [4.78, 5) is 4.55. The highest BCUT2D eigenvalue weighted by atomic mass is 16.5. The lowest BCUT2D eigenvalue weighted by atomic mass is 9.81. The van der Waals surface area contributed by atoms with E-state index in [0.29, 0.717) is 31.4 Å². The first-order valence-electron chi connectivity index (χ1n) is 9.57. The van der Waals surface area contributed by atoms with Gasteiger partial charge in [-0.3, -0.25) is 4.98 Å². The van der Waals surface area contributed by atoms with Crippen LogP contribution in [0.1, 0.15) is 36.9 Å². The van der Waals surface area contributed by atoms with Gasteiger partial charge in [-0.05, 0) is 74.6 Å². The van der Waals surface area contributed by atoms with E-state index in [1.165, 1.54) is 0 Å². The molecule has 2 heterocycles. The van der Waals surface area contributed by atoms with Crippen LogP contribution in [0.2, 0.25) is 0 Å². The normalized spacial score (nSPS) is 22.2. The number of rotatable bonds is 4. The highest BCUT2D eigenvalue weighted by Crippen LogP contribution is 2.38. The Hall–Kier alpha value is -2.70. The zero-order chi connectivity index (χ0) is 19.7. The monoisotopic (exact) mass is 379 g/mol. The maximum absolute atomic E-state index is 11.2. The Morgan fingerprint density at radius 3 is 2.43 bits per heavy atom. The SMILES string of the molecule is COc1ccc(-n2nc(C3(O)CCC(O)CC3)cc2-c2ccc(C)cn2)cc1. The second-order valence-corrected chi connectivity index (χ2v) is 7.51. The number of aliphatic hydroxyl groups is 2. The molecular formula is C22H25N3O3. The summed E-state index contributed by atoms with van der Waals surface area (Å²) in [6.07, 6.45) is 3.62. The minimum atomic E-state index is -1.03. The van der Waals surface area contributed by atoms with E-state index in [1.807, 2.05) is 60.3 Å². The van der Waals surface area contributed by atoms with Gasteiger partial charge in [-0.25, -0.2) is 4.68 Å². The highest BCUT2D eigenvalue weighted by Gasteiger charge is 2.37. The molecule has 1 aromatic carbocycles. The first-order valence-corrected chi connectivity index (χ1v) is 9.57. The second kappa shape index (κ2) is 7.37. The van der Waals surface area contributed by atoms with E-state index in [9.17, 15) is 10.2 Å². The van der Waals surface area contributed by atoms with Crippen LogP contribution in [0.3, 0.4) is 0 Å². The second-order valence-electron chi connectivity index (χ2n) is 7.51. The van der Waals surface area contributed by atoms with E-state index in [-0.39, 0.29) is 6.10 Å². The van der Waals surface area contributed by atoms with Crippen LogP contribution < -0.4 is 4.74 Å². The van der Waals surface area contributed by atoms with Gasteiger partial charge in [-0.15, -0.1) is 0 Å². The van der Waals surface area contributed by atoms with Crippen molar-refractivity contribution < 1.29 is 14.9 Å². The molecule has 146 valence electrons. The molecule has 4 rings (SSSR count). The molecule has 1 fully saturated rings. The first-order chi connectivity index (χ1) is 13.5. The van der Waals surface area contributed by atoms with Gasteiger partial charge < -0.3 is 14.9 Å². The Labute approximate surface area is 164 Å². The number of methoxy groups -OCH3 is 1. The largest absolute Gasteiger partial charge is 0.497 e. The predicted molar refractivity (Wildman–Crippen MR) is 106 cm³/mol. The van der Waals surface area contributed by atoms with E-state index >= 15 is 0 Å². The van der Waals surface area contributed by atoms with Crippen LogP contribution in [0.5, 0.6) is 5.75 Å². The van der Waals surface area contributed by atoms with Crippen LogP contribution in [0.25, 0.3) is 17.1 Å². The Morgan fingerprint density at radius 1 is 1.11 bits per heavy atom. The maximum Gasteiger partial charge on any atom is 0.119 e. The lowest BCUT2D eigenvalue weighted by molar-refractivity contribution is -0.0393. The Kier molecular flexibility index (Phi) is 4.91. The van der Waals surface area contributed by atoms with Gasteiger partial charge >= 0.3 is 0 Å². The molecule has 0 unspecified atom stereocenters. The molecule has 0 amide bonds. The number of aryl methyl sites for hydroxylation is 1. The van der Waals surface area contributed by atoms with Crippen molar-refractivity contribution in [1.29, 1.82) is 0 Å². The van der Waals surface area contributed by atoms with Crippen LogP contribution in [-0.4, -0.2) is 38.2 Å². The number of pyridine rings is 1. The lowest BCUT2D eigenvalue weighted by Crippen LogP contribution is -2.33. The van der Waals surface area contributed by atoms with Crippen LogP contribution in [0, 0.1) is 6.92 Å². The van der Waals surface area contributed by atoms with Crippen molar-refractivity contribution in [2.45, 2.75) is 44.3 Å². The van der Waals surface area contributed by atoms with Crippen molar-refractivity contribution in [2.75, 3.05) is 7.11 Å². The van der Waals surface area contributed by atoms with Crippen molar-refractivity contribution in [3.8, 4) is 22.8 Å². The standard InChI is InChI=1S/C22H25N3O3/c1-15-3-8-19(23-14-15)20-13-21(22(27)11-9-17(26)10-12-22)24-25(20)16-4-6-18(28-2)7-5-16/h3-8,13-14,17,26-27H,9-12H2,1-2H3. The van der Waals surface area contributed by atoms with Gasteiger partial charge in [0.05, 0.1) is 36.0 Å². The van der Waals surface area contributed by atoms with Crippen LogP contribution in [-0.2, 0) is 5.60 Å². The molecule has 0 radical (unpaired) electrons. The number of aromatic nitrogens is 3. The topological polar surface area (TPSA) is 80.4 Å². The molecule has 6 nitrogen and oxygen atoms in total. The van der Waals surface area contributed by atoms with Gasteiger partial charge in [0.15, 0.2) is 0 Å². The van der Waals surface area contributed by atoms with Crippen molar-refractivity contribution >= 4 is 0 Å². The molecule has 0 saturated heterocycles. The van der Waals surface area contributed by atoms with Crippen LogP contribution in [0.4, 0.5) is 0 Å². The van der Waals surface area contributed by atoms with Crippen molar-refractivity contribution in [3.63, 3.8) is 0 Å². The number of hydrogen-bond acceptors (Lipinski definition) is 5. The molecule has 0 atom stereocenters. The summed E-state index contributed by atoms with van der Waals surface area (Å²) in [6.45, 7) is 2.00. The smallest absolute Gasteiger partial charge is 0.119 e. The number of nitrogens with zero attached hydrogens (tertiary/aromatic N) is 3. The average Bonchev–Trinajstić information content (AvgIpc) is 3.17. The minimum absolute atomic E-state index is 0.345. The fourth-order valence-corrected chi connectivity index (χ4v) is 3.67. The molecule has 28 heavy (non-hydrogen) atoms. The third kappa shape index (κ3) is 3.53. The summed E-state index contributed by atoms with van der Waals surface area (Å²) in [5.74, 6) is 0.769. The van der Waals surface area contributed by atoms with Gasteiger partial charge in [0.2, 0.25) is 0 Å². The number of ether oxygens (including phenoxy) is 1. The summed E-state index contributed by atoms with van der Waals surface area (Å²) < 4.78 is 7.07. The molecule has 1 saturated carbocycles. The number of hydrogen-bond donors (Lipinski definition) is 2. The van der Waals surface area contributed by atoms with E-state index in [4.69, 9.17) is 9.84 Å². The molecular weight excluding hydrogens is 354 g/mol. The third-order valence-electron chi connectivity index (χ3n) is 5.46. The van der Waals surface area contributed by atoms with E-state index in [2.05, 4.69) is 4.98 Å². The van der Waals surface area contributed by atoms with E-state index in [0.717, 1.165) is 28.4 Å². The predicted octanol–water partition coefficient (Wildman–Crippen LogP) is 3.37. The molecule has 0 aliphatic heterocycles. The lowest BCUT2D eigenvalue weighted by Gasteiger charge is -2.32. The highest BCUT2D eigenvalue weighted by molar-refractivity contribution is 5.59. The molecule has 2 N–H and O–H groups in total. The Bertz CT molecular complexity index is 940. The van der Waals surface area contributed by atoms with Crippen molar-refractivity contribution in [3.05, 3.63) is 59.9 Å². The molecule has 1 aliphatic carbocycles. The number of aliphatic hydroxyl groups excluding tert-OH is 1. The Morgan fingerprint density at radius 2 is 1.82 bits per heavy atom. The van der Waals surface area contributed by atoms with Gasteiger partial charge in [0.25, 0.3) is 0 Å². The van der Waals surface area contributed by atoms with E-state index < -0.39 is 5.60 Å². The van der Waals surface area contributed by atoms with Crippen molar-refractivity contribution in [2.24, 2.45) is 0 Å². The zero-order valence-corrected chi connectivity index (χ0v) is 16.2.